The van der Waals surface area contributed by atoms with Crippen molar-refractivity contribution in [2.45, 2.75) is 0 Å². The molecule has 3 aromatic heterocycles. The summed E-state index contributed by atoms with van der Waals surface area (Å²) in [5.41, 5.74) is 6.05. The van der Waals surface area contributed by atoms with Crippen LogP contribution in [0.15, 0.2) is 51.6 Å². The van der Waals surface area contributed by atoms with E-state index in [-0.39, 0.29) is 35.1 Å². The van der Waals surface area contributed by atoms with Crippen molar-refractivity contribution >= 4 is 17.6 Å². The van der Waals surface area contributed by atoms with Crippen molar-refractivity contribution in [2.75, 3.05) is 17.7 Å². The van der Waals surface area contributed by atoms with Crippen LogP contribution >= 0.6 is 0 Å². The van der Waals surface area contributed by atoms with Gasteiger partial charge in [-0.3, -0.25) is 0 Å². The fraction of sp³-hybridized carbons (Fsp3) is 0.0625. The molecule has 0 aliphatic rings. The van der Waals surface area contributed by atoms with Gasteiger partial charge in [-0.1, -0.05) is 17.3 Å². The van der Waals surface area contributed by atoms with Gasteiger partial charge in [0.1, 0.15) is 5.82 Å². The second kappa shape index (κ2) is 6.24. The molecule has 0 amide bonds. The largest absolute Gasteiger partial charge is 0.459 e. The van der Waals surface area contributed by atoms with E-state index in [0.717, 1.165) is 0 Å². The zero-order valence-electron chi connectivity index (χ0n) is 13.5. The maximum atomic E-state index is 14.0. The molecule has 130 valence electrons. The van der Waals surface area contributed by atoms with Crippen LogP contribution < -0.4 is 10.6 Å². The molecule has 26 heavy (non-hydrogen) atoms. The van der Waals surface area contributed by atoms with Crippen molar-refractivity contribution in [1.82, 2.24) is 25.1 Å². The van der Waals surface area contributed by atoms with Crippen LogP contribution in [0.25, 0.3) is 23.3 Å². The lowest BCUT2D eigenvalue weighted by Crippen LogP contribution is -2.16. The quantitative estimate of drug-likeness (QED) is 0.590. The third-order valence-electron chi connectivity index (χ3n) is 3.51. The first-order valence-corrected chi connectivity index (χ1v) is 7.49. The summed E-state index contributed by atoms with van der Waals surface area (Å²) in [5, 5.41) is 3.83. The van der Waals surface area contributed by atoms with Crippen molar-refractivity contribution in [3.63, 3.8) is 0 Å². The molecular weight excluding hydrogens is 341 g/mol. The third-order valence-corrected chi connectivity index (χ3v) is 3.51. The number of benzene rings is 1. The van der Waals surface area contributed by atoms with E-state index >= 15 is 0 Å². The Morgan fingerprint density at radius 2 is 1.85 bits per heavy atom. The Balaban J connectivity index is 1.72. The Morgan fingerprint density at radius 3 is 2.62 bits per heavy atom. The van der Waals surface area contributed by atoms with Crippen LogP contribution in [0, 0.1) is 5.82 Å². The Bertz CT molecular complexity index is 1050. The topological polar surface area (TPSA) is 120 Å². The van der Waals surface area contributed by atoms with Gasteiger partial charge in [-0.25, -0.2) is 4.39 Å². The lowest BCUT2D eigenvalue weighted by Gasteiger charge is -2.17. The Kier molecular flexibility index (Phi) is 3.77. The van der Waals surface area contributed by atoms with Gasteiger partial charge in [0.15, 0.2) is 5.76 Å². The molecule has 0 atom stereocenters. The van der Waals surface area contributed by atoms with Crippen LogP contribution in [0.2, 0.25) is 0 Å². The van der Waals surface area contributed by atoms with E-state index in [0.29, 0.717) is 5.76 Å². The Morgan fingerprint density at radius 1 is 1.00 bits per heavy atom. The van der Waals surface area contributed by atoms with E-state index in [1.807, 2.05) is 0 Å². The summed E-state index contributed by atoms with van der Waals surface area (Å²) in [6.07, 6.45) is 1.49. The van der Waals surface area contributed by atoms with E-state index in [1.54, 1.807) is 37.4 Å². The van der Waals surface area contributed by atoms with Gasteiger partial charge in [0.2, 0.25) is 23.5 Å². The molecule has 4 rings (SSSR count). The maximum absolute atomic E-state index is 14.0. The monoisotopic (exact) mass is 353 g/mol. The minimum atomic E-state index is -0.421. The van der Waals surface area contributed by atoms with Gasteiger partial charge >= 0.3 is 0 Å². The number of aromatic nitrogens is 5. The van der Waals surface area contributed by atoms with Crippen molar-refractivity contribution in [1.29, 1.82) is 0 Å². The minimum absolute atomic E-state index is 0.0578. The van der Waals surface area contributed by atoms with Crippen LogP contribution in [0.3, 0.4) is 0 Å². The number of rotatable bonds is 4. The highest BCUT2D eigenvalue weighted by molar-refractivity contribution is 5.60. The molecule has 0 fully saturated rings. The maximum Gasteiger partial charge on any atom is 0.294 e. The number of hydrogen-bond donors (Lipinski definition) is 1. The van der Waals surface area contributed by atoms with Gasteiger partial charge in [0.05, 0.1) is 12.0 Å². The summed E-state index contributed by atoms with van der Waals surface area (Å²) in [5.74, 6) is 0.447. The predicted molar refractivity (Wildman–Crippen MR) is 89.7 cm³/mol. The average molecular weight is 353 g/mol. The summed E-state index contributed by atoms with van der Waals surface area (Å²) >= 11 is 0. The molecule has 1 aromatic carbocycles. The van der Waals surface area contributed by atoms with Crippen molar-refractivity contribution in [2.24, 2.45) is 0 Å². The lowest BCUT2D eigenvalue weighted by molar-refractivity contribution is 0.416. The first-order valence-electron chi connectivity index (χ1n) is 7.49. The van der Waals surface area contributed by atoms with Crippen LogP contribution in [0.1, 0.15) is 0 Å². The van der Waals surface area contributed by atoms with E-state index in [9.17, 15) is 4.39 Å². The molecule has 3 heterocycles. The number of halogens is 1. The second-order valence-corrected chi connectivity index (χ2v) is 5.23. The highest BCUT2D eigenvalue weighted by Gasteiger charge is 2.19. The lowest BCUT2D eigenvalue weighted by atomic mass is 10.3. The van der Waals surface area contributed by atoms with Crippen LogP contribution in [0.5, 0.6) is 0 Å². The first-order chi connectivity index (χ1) is 12.6. The van der Waals surface area contributed by atoms with E-state index in [2.05, 4.69) is 25.1 Å². The van der Waals surface area contributed by atoms with Crippen molar-refractivity contribution in [3.8, 4) is 23.3 Å². The fourth-order valence-electron chi connectivity index (χ4n) is 2.28. The smallest absolute Gasteiger partial charge is 0.294 e. The predicted octanol–water partition coefficient (Wildman–Crippen LogP) is 2.67. The van der Waals surface area contributed by atoms with Crippen molar-refractivity contribution in [3.05, 3.63) is 48.5 Å². The molecule has 0 saturated carbocycles. The summed E-state index contributed by atoms with van der Waals surface area (Å²) < 4.78 is 24.4. The zero-order valence-corrected chi connectivity index (χ0v) is 13.5. The highest BCUT2D eigenvalue weighted by Crippen LogP contribution is 2.26. The van der Waals surface area contributed by atoms with Gasteiger partial charge in [0.25, 0.3) is 5.89 Å². The van der Waals surface area contributed by atoms with Crippen LogP contribution in [-0.4, -0.2) is 32.1 Å². The molecule has 0 aliphatic heterocycles. The van der Waals surface area contributed by atoms with Gasteiger partial charge in [-0.05, 0) is 24.3 Å². The van der Waals surface area contributed by atoms with Crippen LogP contribution in [-0.2, 0) is 0 Å². The van der Waals surface area contributed by atoms with E-state index in [4.69, 9.17) is 14.7 Å². The molecule has 0 aliphatic carbocycles. The SMILES string of the molecule is CN(c1nc(N)nc(-c2noc(-c3ccco3)n2)n1)c1ccccc1F. The van der Waals surface area contributed by atoms with E-state index < -0.39 is 5.82 Å². The molecular formula is C16H12FN7O2. The molecule has 0 bridgehead atoms. The number of anilines is 3. The summed E-state index contributed by atoms with van der Waals surface area (Å²) in [6, 6.07) is 9.60. The number of para-hydroxylation sites is 1. The third kappa shape index (κ3) is 2.83. The molecule has 4 aromatic rings. The normalized spacial score (nSPS) is 10.8. The summed E-state index contributed by atoms with van der Waals surface area (Å²) in [4.78, 5) is 17.9. The first kappa shape index (κ1) is 15.7. The standard InChI is InChI=1S/C16H12FN7O2/c1-24(10-6-3-2-5-9(10)17)16-21-12(20-15(18)22-16)13-19-14(26-23-13)11-7-4-8-25-11/h2-8H,1H3,(H2,18,20,21,22). The molecule has 2 N–H and O–H groups in total. The van der Waals surface area contributed by atoms with Crippen molar-refractivity contribution < 1.29 is 13.3 Å². The highest BCUT2D eigenvalue weighted by atomic mass is 19.1. The summed E-state index contributed by atoms with van der Waals surface area (Å²) in [6.45, 7) is 0. The van der Waals surface area contributed by atoms with Crippen LogP contribution in [0.4, 0.5) is 22.0 Å². The van der Waals surface area contributed by atoms with E-state index in [1.165, 1.54) is 17.2 Å². The molecule has 0 spiro atoms. The molecule has 10 heteroatoms. The van der Waals surface area contributed by atoms with Gasteiger partial charge < -0.3 is 19.6 Å². The number of hydrogen-bond acceptors (Lipinski definition) is 9. The fourth-order valence-corrected chi connectivity index (χ4v) is 2.28. The molecule has 0 radical (unpaired) electrons. The number of nitrogens with two attached hydrogens (primary N) is 1. The Hall–Kier alpha value is -3.82. The van der Waals surface area contributed by atoms with Gasteiger partial charge in [-0.2, -0.15) is 19.9 Å². The van der Waals surface area contributed by atoms with Gasteiger partial charge in [-0.15, -0.1) is 0 Å². The molecule has 0 unspecified atom stereocenters. The average Bonchev–Trinajstić information content (AvgIpc) is 3.32. The molecule has 0 saturated heterocycles. The summed E-state index contributed by atoms with van der Waals surface area (Å²) in [7, 11) is 1.61. The molecule has 9 nitrogen and oxygen atoms in total. The number of nitrogen functional groups attached to an aromatic ring is 1. The second-order valence-electron chi connectivity index (χ2n) is 5.23. The van der Waals surface area contributed by atoms with Gasteiger partial charge in [0, 0.05) is 7.05 Å². The number of furan rings is 1. The zero-order chi connectivity index (χ0) is 18.1. The number of nitrogens with zero attached hydrogens (tertiary/aromatic N) is 6. The minimum Gasteiger partial charge on any atom is -0.459 e. The Labute approximate surface area is 146 Å².